The molecule has 0 unspecified atom stereocenters. The largest absolute Gasteiger partial charge is 0.337 e. The predicted octanol–water partition coefficient (Wildman–Crippen LogP) is 5.02. The van der Waals surface area contributed by atoms with Crippen molar-refractivity contribution >= 4 is 44.2 Å². The molecule has 0 radical (unpaired) electrons. The van der Waals surface area contributed by atoms with Gasteiger partial charge >= 0.3 is 0 Å². The van der Waals surface area contributed by atoms with E-state index >= 15 is 0 Å². The fourth-order valence-electron chi connectivity index (χ4n) is 3.42. The maximum atomic E-state index is 13.9. The van der Waals surface area contributed by atoms with E-state index in [1.165, 1.54) is 12.1 Å². The average Bonchev–Trinajstić information content (AvgIpc) is 3.07. The summed E-state index contributed by atoms with van der Waals surface area (Å²) in [6.45, 7) is 0. The second kappa shape index (κ2) is 5.41. The van der Waals surface area contributed by atoms with Gasteiger partial charge in [-0.15, -0.1) is 0 Å². The van der Waals surface area contributed by atoms with Gasteiger partial charge in [0.25, 0.3) is 5.56 Å². The zero-order valence-corrected chi connectivity index (χ0v) is 14.1. The Labute approximate surface area is 151 Å². The Bertz CT molecular complexity index is 1390. The highest BCUT2D eigenvalue weighted by Gasteiger charge is 2.16. The molecule has 126 valence electrons. The van der Waals surface area contributed by atoms with Crippen LogP contribution in [0.15, 0.2) is 59.5 Å². The minimum Gasteiger partial charge on any atom is -0.337 e. The molecule has 26 heavy (non-hydrogen) atoms. The van der Waals surface area contributed by atoms with Crippen molar-refractivity contribution in [1.82, 2.24) is 15.0 Å². The van der Waals surface area contributed by atoms with Crippen molar-refractivity contribution < 1.29 is 4.39 Å². The molecule has 5 rings (SSSR count). The van der Waals surface area contributed by atoms with Crippen molar-refractivity contribution in [2.24, 2.45) is 0 Å². The Balaban J connectivity index is 1.99. The molecule has 6 heteroatoms. The van der Waals surface area contributed by atoms with Gasteiger partial charge in [0.05, 0.1) is 16.4 Å². The topological polar surface area (TPSA) is 61.5 Å². The predicted molar refractivity (Wildman–Crippen MR) is 102 cm³/mol. The fourth-order valence-corrected chi connectivity index (χ4v) is 3.61. The molecule has 2 heterocycles. The van der Waals surface area contributed by atoms with Crippen LogP contribution in [0.25, 0.3) is 44.0 Å². The van der Waals surface area contributed by atoms with Gasteiger partial charge in [0.2, 0.25) is 0 Å². The summed E-state index contributed by atoms with van der Waals surface area (Å²) in [6, 6.07) is 13.6. The van der Waals surface area contributed by atoms with Gasteiger partial charge in [-0.05, 0) is 36.4 Å². The first-order chi connectivity index (χ1) is 12.6. The minimum absolute atomic E-state index is 0.265. The highest BCUT2D eigenvalue weighted by atomic mass is 35.5. The lowest BCUT2D eigenvalue weighted by Crippen LogP contribution is -2.05. The molecular formula is C20H11ClFN3O. The zero-order chi connectivity index (χ0) is 17.8. The Morgan fingerprint density at radius 3 is 2.73 bits per heavy atom. The number of aromatic amines is 2. The van der Waals surface area contributed by atoms with Crippen LogP contribution in [0.4, 0.5) is 4.39 Å². The molecule has 0 spiro atoms. The Morgan fingerprint density at radius 1 is 1.00 bits per heavy atom. The maximum absolute atomic E-state index is 13.9. The van der Waals surface area contributed by atoms with E-state index in [-0.39, 0.29) is 5.56 Å². The molecule has 0 aliphatic rings. The van der Waals surface area contributed by atoms with E-state index in [9.17, 15) is 9.18 Å². The number of hydrogen-bond donors (Lipinski definition) is 2. The number of nitrogens with zero attached hydrogens (tertiary/aromatic N) is 1. The van der Waals surface area contributed by atoms with Crippen LogP contribution in [-0.4, -0.2) is 15.0 Å². The fraction of sp³-hybridized carbons (Fsp3) is 0. The van der Waals surface area contributed by atoms with E-state index in [2.05, 4.69) is 9.97 Å². The van der Waals surface area contributed by atoms with E-state index in [0.717, 1.165) is 16.5 Å². The molecule has 0 aliphatic heterocycles. The van der Waals surface area contributed by atoms with Crippen molar-refractivity contribution in [1.29, 1.82) is 0 Å². The van der Waals surface area contributed by atoms with E-state index in [0.29, 0.717) is 32.5 Å². The third-order valence-electron chi connectivity index (χ3n) is 4.54. The molecule has 5 aromatic rings. The molecule has 2 aromatic heterocycles. The Morgan fingerprint density at radius 2 is 1.88 bits per heavy atom. The Hall–Kier alpha value is -3.18. The van der Waals surface area contributed by atoms with Gasteiger partial charge in [-0.2, -0.15) is 0 Å². The van der Waals surface area contributed by atoms with Crippen molar-refractivity contribution in [3.63, 3.8) is 0 Å². The van der Waals surface area contributed by atoms with Crippen molar-refractivity contribution in [2.45, 2.75) is 0 Å². The van der Waals surface area contributed by atoms with Crippen LogP contribution < -0.4 is 5.56 Å². The number of nitrogens with one attached hydrogen (secondary N) is 2. The molecular weight excluding hydrogens is 353 g/mol. The van der Waals surface area contributed by atoms with Crippen molar-refractivity contribution in [3.8, 4) is 11.4 Å². The number of fused-ring (bicyclic) bond motifs is 6. The summed E-state index contributed by atoms with van der Waals surface area (Å²) < 4.78 is 13.9. The van der Waals surface area contributed by atoms with Crippen LogP contribution in [0.3, 0.4) is 0 Å². The van der Waals surface area contributed by atoms with Crippen LogP contribution in [0.2, 0.25) is 5.02 Å². The lowest BCUT2D eigenvalue weighted by atomic mass is 10.0. The van der Waals surface area contributed by atoms with Gasteiger partial charge in [0.1, 0.15) is 11.6 Å². The molecule has 0 atom stereocenters. The van der Waals surface area contributed by atoms with Crippen molar-refractivity contribution in [2.75, 3.05) is 0 Å². The van der Waals surface area contributed by atoms with Gasteiger partial charge in [0.15, 0.2) is 0 Å². The van der Waals surface area contributed by atoms with Crippen LogP contribution in [0.1, 0.15) is 0 Å². The van der Waals surface area contributed by atoms with Gasteiger partial charge < -0.3 is 9.97 Å². The van der Waals surface area contributed by atoms with Crippen LogP contribution in [0, 0.1) is 5.82 Å². The molecule has 2 N–H and O–H groups in total. The second-order valence-corrected chi connectivity index (χ2v) is 6.54. The summed E-state index contributed by atoms with van der Waals surface area (Å²) in [5, 5.41) is 3.00. The molecule has 0 saturated heterocycles. The monoisotopic (exact) mass is 363 g/mol. The number of imidazole rings is 1. The molecule has 0 fully saturated rings. The van der Waals surface area contributed by atoms with Crippen LogP contribution in [-0.2, 0) is 0 Å². The highest BCUT2D eigenvalue weighted by Crippen LogP contribution is 2.34. The minimum atomic E-state index is -0.396. The molecule has 0 aliphatic carbocycles. The first kappa shape index (κ1) is 15.1. The third-order valence-corrected chi connectivity index (χ3v) is 4.77. The third kappa shape index (κ3) is 2.14. The molecule has 3 aromatic carbocycles. The van der Waals surface area contributed by atoms with E-state index in [1.54, 1.807) is 24.4 Å². The molecule has 0 saturated carbocycles. The summed E-state index contributed by atoms with van der Waals surface area (Å²) in [7, 11) is 0. The standard InChI is InChI=1S/C20H11ClFN3O/c21-11-3-1-2-10(8-11)19-24-17-13-5-4-12(22)9-15(13)16-14(18(17)25-19)6-7-23-20(16)26/h1-9H,(H,23,26)(H,24,25). The van der Waals surface area contributed by atoms with E-state index < -0.39 is 5.82 Å². The van der Waals surface area contributed by atoms with Gasteiger partial charge in [-0.3, -0.25) is 4.79 Å². The molecule has 0 amide bonds. The first-order valence-corrected chi connectivity index (χ1v) is 8.38. The number of rotatable bonds is 1. The SMILES string of the molecule is O=c1[nH]ccc2c3[nH]c(-c4cccc(Cl)c4)nc3c3ccc(F)cc3c12. The Kier molecular flexibility index (Phi) is 3.14. The van der Waals surface area contributed by atoms with Gasteiger partial charge in [0, 0.05) is 32.9 Å². The number of H-pyrrole nitrogens is 2. The first-order valence-electron chi connectivity index (χ1n) is 8.00. The quantitative estimate of drug-likeness (QED) is 0.411. The smallest absolute Gasteiger partial charge is 0.256 e. The highest BCUT2D eigenvalue weighted by molar-refractivity contribution is 6.30. The summed E-state index contributed by atoms with van der Waals surface area (Å²) >= 11 is 6.09. The lowest BCUT2D eigenvalue weighted by Gasteiger charge is -2.05. The number of pyridine rings is 1. The summed E-state index contributed by atoms with van der Waals surface area (Å²) in [5.74, 6) is 0.243. The van der Waals surface area contributed by atoms with Crippen LogP contribution >= 0.6 is 11.6 Å². The number of benzene rings is 3. The summed E-state index contributed by atoms with van der Waals surface area (Å²) in [5.41, 5.74) is 1.99. The zero-order valence-electron chi connectivity index (χ0n) is 13.3. The normalized spacial score (nSPS) is 11.6. The summed E-state index contributed by atoms with van der Waals surface area (Å²) in [6.07, 6.45) is 1.58. The van der Waals surface area contributed by atoms with Crippen molar-refractivity contribution in [3.05, 3.63) is 75.9 Å². The number of hydrogen-bond acceptors (Lipinski definition) is 2. The van der Waals surface area contributed by atoms with E-state index in [4.69, 9.17) is 16.6 Å². The maximum Gasteiger partial charge on any atom is 0.256 e. The summed E-state index contributed by atoms with van der Waals surface area (Å²) in [4.78, 5) is 23.1. The second-order valence-electron chi connectivity index (χ2n) is 6.10. The number of aromatic nitrogens is 3. The number of halogens is 2. The average molecular weight is 364 g/mol. The molecule has 4 nitrogen and oxygen atoms in total. The van der Waals surface area contributed by atoms with Gasteiger partial charge in [-0.1, -0.05) is 23.7 Å². The molecule has 0 bridgehead atoms. The van der Waals surface area contributed by atoms with Crippen LogP contribution in [0.5, 0.6) is 0 Å². The van der Waals surface area contributed by atoms with Gasteiger partial charge in [-0.25, -0.2) is 9.37 Å². The lowest BCUT2D eigenvalue weighted by molar-refractivity contribution is 0.630. The van der Waals surface area contributed by atoms with E-state index in [1.807, 2.05) is 18.2 Å².